The fraction of sp³-hybridized carbons (Fsp3) is 0.348. The minimum Gasteiger partial charge on any atom is -0.493 e. The third-order valence-corrected chi connectivity index (χ3v) is 5.16. The van der Waals surface area contributed by atoms with Crippen LogP contribution in [0.25, 0.3) is 11.3 Å². The highest BCUT2D eigenvalue weighted by Gasteiger charge is 2.23. The van der Waals surface area contributed by atoms with Gasteiger partial charge in [-0.25, -0.2) is 0 Å². The summed E-state index contributed by atoms with van der Waals surface area (Å²) < 4.78 is 11.3. The zero-order valence-corrected chi connectivity index (χ0v) is 16.6. The van der Waals surface area contributed by atoms with E-state index in [0.717, 1.165) is 55.2 Å². The number of nitrogens with zero attached hydrogens (tertiary/aromatic N) is 2. The maximum absolute atomic E-state index is 5.78. The summed E-state index contributed by atoms with van der Waals surface area (Å²) in [6.45, 7) is 5.67. The molecule has 0 radical (unpaired) electrons. The standard InChI is InChI=1S/C23H27N3O2/c1-3-13-28-21-10-9-18(14-22(21)27-2)23-19-16-26(12-11-20(19)24-25-23)15-17-7-5-4-6-8-17/h4-10,14H,3,11-13,15-16H2,1-2H3,(H,24,25). The molecular weight excluding hydrogens is 350 g/mol. The van der Waals surface area contributed by atoms with Crippen molar-refractivity contribution in [3.63, 3.8) is 0 Å². The van der Waals surface area contributed by atoms with Crippen LogP contribution in [0.3, 0.4) is 0 Å². The molecule has 1 aromatic heterocycles. The normalized spacial score (nSPS) is 13.9. The van der Waals surface area contributed by atoms with Crippen molar-refractivity contribution >= 4 is 0 Å². The summed E-state index contributed by atoms with van der Waals surface area (Å²) in [6, 6.07) is 16.7. The predicted octanol–water partition coefficient (Wildman–Crippen LogP) is 4.43. The van der Waals surface area contributed by atoms with Crippen molar-refractivity contribution in [1.29, 1.82) is 0 Å². The number of ether oxygens (including phenoxy) is 2. The number of nitrogens with one attached hydrogen (secondary N) is 1. The summed E-state index contributed by atoms with van der Waals surface area (Å²) in [6.07, 6.45) is 1.96. The molecule has 5 heteroatoms. The Balaban J connectivity index is 1.57. The van der Waals surface area contributed by atoms with Crippen molar-refractivity contribution in [1.82, 2.24) is 15.1 Å². The quantitative estimate of drug-likeness (QED) is 0.662. The first-order valence-electron chi connectivity index (χ1n) is 9.92. The second-order valence-corrected chi connectivity index (χ2v) is 7.19. The van der Waals surface area contributed by atoms with E-state index in [9.17, 15) is 0 Å². The van der Waals surface area contributed by atoms with Crippen molar-refractivity contribution in [3.8, 4) is 22.8 Å². The van der Waals surface area contributed by atoms with Gasteiger partial charge in [0.15, 0.2) is 11.5 Å². The van der Waals surface area contributed by atoms with Crippen LogP contribution < -0.4 is 9.47 Å². The van der Waals surface area contributed by atoms with Crippen LogP contribution in [-0.4, -0.2) is 35.4 Å². The SMILES string of the molecule is CCCOc1ccc(-c2n[nH]c3c2CN(Cc2ccccc2)CC3)cc1OC. The molecule has 2 heterocycles. The first-order chi connectivity index (χ1) is 13.8. The molecule has 0 saturated heterocycles. The van der Waals surface area contributed by atoms with Gasteiger partial charge in [-0.1, -0.05) is 37.3 Å². The van der Waals surface area contributed by atoms with E-state index in [0.29, 0.717) is 6.61 Å². The summed E-state index contributed by atoms with van der Waals surface area (Å²) in [5, 5.41) is 7.88. The Kier molecular flexibility index (Phi) is 5.63. The first-order valence-corrected chi connectivity index (χ1v) is 9.92. The van der Waals surface area contributed by atoms with Gasteiger partial charge in [0, 0.05) is 42.9 Å². The van der Waals surface area contributed by atoms with Crippen molar-refractivity contribution < 1.29 is 9.47 Å². The Labute approximate surface area is 166 Å². The molecule has 5 nitrogen and oxygen atoms in total. The van der Waals surface area contributed by atoms with Gasteiger partial charge >= 0.3 is 0 Å². The molecule has 1 aliphatic rings. The van der Waals surface area contributed by atoms with Gasteiger partial charge in [0.1, 0.15) is 0 Å². The number of H-pyrrole nitrogens is 1. The number of hydrogen-bond acceptors (Lipinski definition) is 4. The van der Waals surface area contributed by atoms with E-state index in [2.05, 4.69) is 58.4 Å². The van der Waals surface area contributed by atoms with Crippen LogP contribution in [0.5, 0.6) is 11.5 Å². The van der Waals surface area contributed by atoms with Gasteiger partial charge in [-0.3, -0.25) is 10.00 Å². The lowest BCUT2D eigenvalue weighted by molar-refractivity contribution is 0.245. The monoisotopic (exact) mass is 377 g/mol. The number of benzene rings is 2. The molecule has 1 N–H and O–H groups in total. The van der Waals surface area contributed by atoms with E-state index in [1.165, 1.54) is 16.8 Å². The maximum Gasteiger partial charge on any atom is 0.161 e. The molecule has 1 aliphatic heterocycles. The average Bonchev–Trinajstić information content (AvgIpc) is 3.16. The Hall–Kier alpha value is -2.79. The zero-order valence-electron chi connectivity index (χ0n) is 16.6. The molecule has 0 aliphatic carbocycles. The van der Waals surface area contributed by atoms with E-state index >= 15 is 0 Å². The van der Waals surface area contributed by atoms with Gasteiger partial charge in [-0.05, 0) is 30.2 Å². The Bertz CT molecular complexity index is 921. The molecular formula is C23H27N3O2. The largest absolute Gasteiger partial charge is 0.493 e. The second-order valence-electron chi connectivity index (χ2n) is 7.19. The molecule has 3 aromatic rings. The van der Waals surface area contributed by atoms with Gasteiger partial charge in [0.2, 0.25) is 0 Å². The van der Waals surface area contributed by atoms with Crippen molar-refractivity contribution in [2.24, 2.45) is 0 Å². The fourth-order valence-electron chi connectivity index (χ4n) is 3.71. The molecule has 0 bridgehead atoms. The van der Waals surface area contributed by atoms with Crippen LogP contribution >= 0.6 is 0 Å². The molecule has 146 valence electrons. The third kappa shape index (κ3) is 3.90. The number of hydrogen-bond donors (Lipinski definition) is 1. The lowest BCUT2D eigenvalue weighted by Crippen LogP contribution is -2.29. The van der Waals surface area contributed by atoms with Crippen LogP contribution in [0.4, 0.5) is 0 Å². The van der Waals surface area contributed by atoms with Gasteiger partial charge in [-0.15, -0.1) is 0 Å². The Morgan fingerprint density at radius 1 is 1.11 bits per heavy atom. The Morgan fingerprint density at radius 3 is 2.75 bits per heavy atom. The van der Waals surface area contributed by atoms with E-state index in [1.54, 1.807) is 7.11 Å². The minimum absolute atomic E-state index is 0.682. The number of aromatic amines is 1. The van der Waals surface area contributed by atoms with Crippen LogP contribution in [-0.2, 0) is 19.5 Å². The van der Waals surface area contributed by atoms with E-state index in [1.807, 2.05) is 12.1 Å². The number of rotatable bonds is 7. The maximum atomic E-state index is 5.78. The molecule has 0 unspecified atom stereocenters. The van der Waals surface area contributed by atoms with Gasteiger partial charge in [0.05, 0.1) is 19.4 Å². The number of aromatic nitrogens is 2. The molecule has 0 atom stereocenters. The number of fused-ring (bicyclic) bond motifs is 1. The van der Waals surface area contributed by atoms with Crippen LogP contribution in [0.1, 0.15) is 30.2 Å². The molecule has 2 aromatic carbocycles. The summed E-state index contributed by atoms with van der Waals surface area (Å²) in [4.78, 5) is 2.48. The van der Waals surface area contributed by atoms with Gasteiger partial charge in [-0.2, -0.15) is 5.10 Å². The fourth-order valence-corrected chi connectivity index (χ4v) is 3.71. The topological polar surface area (TPSA) is 50.4 Å². The summed E-state index contributed by atoms with van der Waals surface area (Å²) in [7, 11) is 1.68. The highest BCUT2D eigenvalue weighted by atomic mass is 16.5. The zero-order chi connectivity index (χ0) is 19.3. The number of methoxy groups -OCH3 is 1. The predicted molar refractivity (Wildman–Crippen MR) is 111 cm³/mol. The summed E-state index contributed by atoms with van der Waals surface area (Å²) >= 11 is 0. The molecule has 0 saturated carbocycles. The molecule has 0 amide bonds. The second kappa shape index (κ2) is 8.48. The molecule has 0 spiro atoms. The summed E-state index contributed by atoms with van der Waals surface area (Å²) in [5.74, 6) is 1.53. The third-order valence-electron chi connectivity index (χ3n) is 5.16. The lowest BCUT2D eigenvalue weighted by Gasteiger charge is -2.27. The average molecular weight is 377 g/mol. The van der Waals surface area contributed by atoms with E-state index in [4.69, 9.17) is 9.47 Å². The van der Waals surface area contributed by atoms with Crippen molar-refractivity contribution in [3.05, 3.63) is 65.4 Å². The van der Waals surface area contributed by atoms with Crippen LogP contribution in [0.15, 0.2) is 48.5 Å². The minimum atomic E-state index is 0.682. The van der Waals surface area contributed by atoms with Gasteiger partial charge in [0.25, 0.3) is 0 Å². The molecule has 0 fully saturated rings. The van der Waals surface area contributed by atoms with Crippen LogP contribution in [0.2, 0.25) is 0 Å². The lowest BCUT2D eigenvalue weighted by atomic mass is 10.00. The molecule has 28 heavy (non-hydrogen) atoms. The highest BCUT2D eigenvalue weighted by Crippen LogP contribution is 2.35. The van der Waals surface area contributed by atoms with Crippen molar-refractivity contribution in [2.45, 2.75) is 32.9 Å². The van der Waals surface area contributed by atoms with E-state index < -0.39 is 0 Å². The van der Waals surface area contributed by atoms with Crippen LogP contribution in [0, 0.1) is 0 Å². The smallest absolute Gasteiger partial charge is 0.161 e. The summed E-state index contributed by atoms with van der Waals surface area (Å²) in [5.41, 5.74) is 5.93. The first kappa shape index (κ1) is 18.6. The molecule has 4 rings (SSSR count). The Morgan fingerprint density at radius 2 is 1.96 bits per heavy atom. The van der Waals surface area contributed by atoms with Crippen molar-refractivity contribution in [2.75, 3.05) is 20.3 Å². The van der Waals surface area contributed by atoms with Gasteiger partial charge < -0.3 is 9.47 Å². The van der Waals surface area contributed by atoms with E-state index in [-0.39, 0.29) is 0 Å². The highest BCUT2D eigenvalue weighted by molar-refractivity contribution is 5.68.